The van der Waals surface area contributed by atoms with Crippen molar-refractivity contribution in [2.75, 3.05) is 25.0 Å². The molecule has 160 valence electrons. The van der Waals surface area contributed by atoms with Crippen LogP contribution < -0.4 is 10.6 Å². The molecule has 4 rings (SSSR count). The summed E-state index contributed by atoms with van der Waals surface area (Å²) in [5.74, 6) is 0.0118. The second-order valence-electron chi connectivity index (χ2n) is 7.41. The number of anilines is 1. The monoisotopic (exact) mass is 423 g/mol. The summed E-state index contributed by atoms with van der Waals surface area (Å²) in [6.07, 6.45) is 1.70. The highest BCUT2D eigenvalue weighted by Gasteiger charge is 2.27. The van der Waals surface area contributed by atoms with Gasteiger partial charge >= 0.3 is 6.03 Å². The third-order valence-electron chi connectivity index (χ3n) is 5.03. The molecule has 0 saturated carbocycles. The molecular formula is C22H22FN5O3. The largest absolute Gasteiger partial charge is 0.339 e. The quantitative estimate of drug-likeness (QED) is 0.652. The number of piperidine rings is 1. The number of carbonyl (C=O) groups excluding carboxylic acids is 2. The topological polar surface area (TPSA) is 100 Å². The molecule has 8 nitrogen and oxygen atoms in total. The van der Waals surface area contributed by atoms with Crippen molar-refractivity contribution in [2.24, 2.45) is 0 Å². The lowest BCUT2D eigenvalue weighted by Crippen LogP contribution is -2.44. The molecule has 1 atom stereocenters. The molecule has 31 heavy (non-hydrogen) atoms. The molecule has 2 heterocycles. The number of benzene rings is 2. The Kier molecular flexibility index (Phi) is 6.32. The van der Waals surface area contributed by atoms with Gasteiger partial charge in [0.2, 0.25) is 17.6 Å². The van der Waals surface area contributed by atoms with Gasteiger partial charge in [-0.25, -0.2) is 9.18 Å². The lowest BCUT2D eigenvalue weighted by molar-refractivity contribution is -0.121. The zero-order valence-corrected chi connectivity index (χ0v) is 16.8. The Labute approximate surface area is 178 Å². The molecule has 1 fully saturated rings. The number of rotatable bonds is 5. The van der Waals surface area contributed by atoms with Gasteiger partial charge in [-0.1, -0.05) is 35.5 Å². The lowest BCUT2D eigenvalue weighted by Gasteiger charge is -2.30. The van der Waals surface area contributed by atoms with Gasteiger partial charge < -0.3 is 9.84 Å². The second kappa shape index (κ2) is 9.48. The van der Waals surface area contributed by atoms with Crippen LogP contribution in [0, 0.1) is 5.82 Å². The van der Waals surface area contributed by atoms with Crippen molar-refractivity contribution in [3.05, 3.63) is 66.3 Å². The van der Waals surface area contributed by atoms with Crippen molar-refractivity contribution in [1.82, 2.24) is 20.4 Å². The molecule has 1 aromatic heterocycles. The highest BCUT2D eigenvalue weighted by Crippen LogP contribution is 2.27. The molecule has 3 aromatic rings. The van der Waals surface area contributed by atoms with E-state index >= 15 is 0 Å². The minimum absolute atomic E-state index is 0.0329. The zero-order valence-electron chi connectivity index (χ0n) is 16.8. The molecule has 2 aromatic carbocycles. The highest BCUT2D eigenvalue weighted by atomic mass is 19.1. The van der Waals surface area contributed by atoms with Crippen molar-refractivity contribution in [1.29, 1.82) is 0 Å². The number of imide groups is 1. The Hall–Kier alpha value is -3.59. The van der Waals surface area contributed by atoms with Crippen LogP contribution in [0.2, 0.25) is 0 Å². The Bertz CT molecular complexity index is 1060. The van der Waals surface area contributed by atoms with E-state index in [1.807, 2.05) is 11.0 Å². The molecule has 3 amide bonds. The standard InChI is InChI=1S/C22H22FN5O3/c23-17-8-4-6-15(12-17)20-26-21(31-27-20)16-7-5-11-28(13-16)14-19(29)25-22(30)24-18-9-2-1-3-10-18/h1-4,6,8-10,12,16H,5,7,11,13-14H2,(H2,24,25,29,30). The molecule has 0 aliphatic carbocycles. The fraction of sp³-hybridized carbons (Fsp3) is 0.273. The molecular weight excluding hydrogens is 401 g/mol. The first kappa shape index (κ1) is 20.7. The van der Waals surface area contributed by atoms with Crippen molar-refractivity contribution < 1.29 is 18.5 Å². The van der Waals surface area contributed by atoms with Crippen LogP contribution in [0.1, 0.15) is 24.7 Å². The van der Waals surface area contributed by atoms with E-state index in [0.717, 1.165) is 19.4 Å². The number of aromatic nitrogens is 2. The summed E-state index contributed by atoms with van der Waals surface area (Å²) in [5, 5.41) is 8.93. The molecule has 1 unspecified atom stereocenters. The van der Waals surface area contributed by atoms with Crippen LogP contribution >= 0.6 is 0 Å². The summed E-state index contributed by atoms with van der Waals surface area (Å²) in [7, 11) is 0. The SMILES string of the molecule is O=C(CN1CCCC(c2nc(-c3cccc(F)c3)no2)C1)NC(=O)Nc1ccccc1. The van der Waals surface area contributed by atoms with Crippen LogP contribution in [-0.2, 0) is 4.79 Å². The Balaban J connectivity index is 1.31. The fourth-order valence-electron chi connectivity index (χ4n) is 3.60. The number of para-hydroxylation sites is 1. The molecule has 1 aliphatic heterocycles. The Morgan fingerprint density at radius 2 is 2.00 bits per heavy atom. The minimum atomic E-state index is -0.568. The minimum Gasteiger partial charge on any atom is -0.339 e. The van der Waals surface area contributed by atoms with Gasteiger partial charge in [-0.05, 0) is 43.7 Å². The number of hydrogen-bond acceptors (Lipinski definition) is 6. The van der Waals surface area contributed by atoms with Crippen molar-refractivity contribution in [2.45, 2.75) is 18.8 Å². The molecule has 2 N–H and O–H groups in total. The van der Waals surface area contributed by atoms with Crippen molar-refractivity contribution in [3.8, 4) is 11.4 Å². The lowest BCUT2D eigenvalue weighted by atomic mass is 9.98. The average Bonchev–Trinajstić information content (AvgIpc) is 3.25. The van der Waals surface area contributed by atoms with E-state index < -0.39 is 6.03 Å². The molecule has 0 bridgehead atoms. The van der Waals surface area contributed by atoms with E-state index in [2.05, 4.69) is 20.8 Å². The van der Waals surface area contributed by atoms with Gasteiger partial charge in [-0.15, -0.1) is 0 Å². The predicted molar refractivity (Wildman–Crippen MR) is 112 cm³/mol. The van der Waals surface area contributed by atoms with Crippen LogP contribution in [0.3, 0.4) is 0 Å². The first-order valence-electron chi connectivity index (χ1n) is 10.0. The fourth-order valence-corrected chi connectivity index (χ4v) is 3.60. The maximum atomic E-state index is 13.4. The van der Waals surface area contributed by atoms with Gasteiger partial charge in [-0.3, -0.25) is 15.0 Å². The summed E-state index contributed by atoms with van der Waals surface area (Å²) in [4.78, 5) is 30.6. The summed E-state index contributed by atoms with van der Waals surface area (Å²) in [6, 6.07) is 14.4. The maximum Gasteiger partial charge on any atom is 0.325 e. The Morgan fingerprint density at radius 1 is 1.16 bits per heavy atom. The number of urea groups is 1. The maximum absolute atomic E-state index is 13.4. The first-order chi connectivity index (χ1) is 15.1. The highest BCUT2D eigenvalue weighted by molar-refractivity contribution is 6.01. The number of nitrogens with zero attached hydrogens (tertiary/aromatic N) is 3. The summed E-state index contributed by atoms with van der Waals surface area (Å²) in [5.41, 5.74) is 1.16. The molecule has 1 saturated heterocycles. The number of likely N-dealkylation sites (tertiary alicyclic amines) is 1. The summed E-state index contributed by atoms with van der Waals surface area (Å²) < 4.78 is 18.8. The molecule has 9 heteroatoms. The zero-order chi connectivity index (χ0) is 21.6. The number of hydrogen-bond donors (Lipinski definition) is 2. The van der Waals surface area contributed by atoms with E-state index in [-0.39, 0.29) is 24.2 Å². The van der Waals surface area contributed by atoms with Gasteiger partial charge in [0.05, 0.1) is 12.5 Å². The molecule has 1 aliphatic rings. The van der Waals surface area contributed by atoms with Crippen LogP contribution in [0.5, 0.6) is 0 Å². The predicted octanol–water partition coefficient (Wildman–Crippen LogP) is 3.40. The van der Waals surface area contributed by atoms with Gasteiger partial charge in [0, 0.05) is 17.8 Å². The van der Waals surface area contributed by atoms with Crippen LogP contribution in [-0.4, -0.2) is 46.6 Å². The van der Waals surface area contributed by atoms with E-state index in [0.29, 0.717) is 29.5 Å². The van der Waals surface area contributed by atoms with Gasteiger partial charge in [0.25, 0.3) is 0 Å². The van der Waals surface area contributed by atoms with Crippen LogP contribution in [0.25, 0.3) is 11.4 Å². The number of nitrogens with one attached hydrogen (secondary N) is 2. The second-order valence-corrected chi connectivity index (χ2v) is 7.41. The van der Waals surface area contributed by atoms with Gasteiger partial charge in [-0.2, -0.15) is 4.98 Å². The summed E-state index contributed by atoms with van der Waals surface area (Å²) >= 11 is 0. The third-order valence-corrected chi connectivity index (χ3v) is 5.03. The van der Waals surface area contributed by atoms with Crippen LogP contribution in [0.15, 0.2) is 59.1 Å². The average molecular weight is 423 g/mol. The molecule has 0 spiro atoms. The summed E-state index contributed by atoms with van der Waals surface area (Å²) in [6.45, 7) is 1.37. The van der Waals surface area contributed by atoms with Crippen LogP contribution in [0.4, 0.5) is 14.9 Å². The Morgan fingerprint density at radius 3 is 2.81 bits per heavy atom. The van der Waals surface area contributed by atoms with E-state index in [4.69, 9.17) is 4.52 Å². The first-order valence-corrected chi connectivity index (χ1v) is 10.0. The van der Waals surface area contributed by atoms with Crippen molar-refractivity contribution in [3.63, 3.8) is 0 Å². The van der Waals surface area contributed by atoms with E-state index in [1.165, 1.54) is 12.1 Å². The smallest absolute Gasteiger partial charge is 0.325 e. The van der Waals surface area contributed by atoms with Crippen molar-refractivity contribution >= 4 is 17.6 Å². The number of halogens is 1. The number of carbonyl (C=O) groups is 2. The normalized spacial score (nSPS) is 16.6. The van der Waals surface area contributed by atoms with E-state index in [9.17, 15) is 14.0 Å². The third kappa shape index (κ3) is 5.52. The van der Waals surface area contributed by atoms with Gasteiger partial charge in [0.15, 0.2) is 0 Å². The molecule has 0 radical (unpaired) electrons. The van der Waals surface area contributed by atoms with Gasteiger partial charge in [0.1, 0.15) is 5.82 Å². The van der Waals surface area contributed by atoms with E-state index in [1.54, 1.807) is 36.4 Å². The number of amides is 3.